The Bertz CT molecular complexity index is 134. The van der Waals surface area contributed by atoms with Crippen LogP contribution in [0.25, 0.3) is 0 Å². The van der Waals surface area contributed by atoms with E-state index in [-0.39, 0.29) is 0 Å². The van der Waals surface area contributed by atoms with Crippen molar-refractivity contribution in [3.8, 4) is 0 Å². The van der Waals surface area contributed by atoms with Crippen molar-refractivity contribution in [2.24, 2.45) is 5.41 Å². The predicted molar refractivity (Wildman–Crippen MR) is 72.7 cm³/mol. The highest BCUT2D eigenvalue weighted by molar-refractivity contribution is 4.78. The third-order valence-electron chi connectivity index (χ3n) is 3.99. The maximum Gasteiger partial charge on any atom is 0.0431 e. The van der Waals surface area contributed by atoms with Gasteiger partial charge in [-0.3, -0.25) is 0 Å². The monoisotopic (exact) mass is 228 g/mol. The zero-order valence-electron chi connectivity index (χ0n) is 11.7. The van der Waals surface area contributed by atoms with Gasteiger partial charge in [0.2, 0.25) is 0 Å². The van der Waals surface area contributed by atoms with E-state index in [9.17, 15) is 0 Å². The van der Waals surface area contributed by atoms with Gasteiger partial charge in [0.1, 0.15) is 0 Å². The van der Waals surface area contributed by atoms with E-state index in [1.807, 2.05) is 0 Å². The number of unbranched alkanes of at least 4 members (excludes halogenated alkanes) is 3. The van der Waals surface area contributed by atoms with Crippen molar-refractivity contribution < 1.29 is 5.11 Å². The van der Waals surface area contributed by atoms with Crippen molar-refractivity contribution in [2.45, 2.75) is 85.0 Å². The number of aliphatic hydroxyl groups excluding tert-OH is 1. The van der Waals surface area contributed by atoms with Gasteiger partial charge in [0, 0.05) is 6.61 Å². The van der Waals surface area contributed by atoms with Crippen molar-refractivity contribution in [3.05, 3.63) is 0 Å². The molecule has 0 unspecified atom stereocenters. The summed E-state index contributed by atoms with van der Waals surface area (Å²) in [6, 6.07) is 0. The normalized spacial score (nSPS) is 12.0. The van der Waals surface area contributed by atoms with Gasteiger partial charge in [0.25, 0.3) is 0 Å². The van der Waals surface area contributed by atoms with Gasteiger partial charge in [0.15, 0.2) is 0 Å². The first-order valence-electron chi connectivity index (χ1n) is 7.35. The third kappa shape index (κ3) is 6.52. The summed E-state index contributed by atoms with van der Waals surface area (Å²) < 4.78 is 0. The maximum absolute atomic E-state index is 8.89. The SMILES string of the molecule is CCCCC(CC)(CCCC)CCCCO. The Balaban J connectivity index is 4.16. The van der Waals surface area contributed by atoms with Crippen LogP contribution in [0, 0.1) is 5.41 Å². The van der Waals surface area contributed by atoms with Crippen molar-refractivity contribution in [1.82, 2.24) is 0 Å². The number of aliphatic hydroxyl groups is 1. The zero-order chi connectivity index (χ0) is 12.3. The van der Waals surface area contributed by atoms with Gasteiger partial charge in [-0.2, -0.15) is 0 Å². The largest absolute Gasteiger partial charge is 0.396 e. The summed E-state index contributed by atoms with van der Waals surface area (Å²) in [4.78, 5) is 0. The van der Waals surface area contributed by atoms with E-state index >= 15 is 0 Å². The summed E-state index contributed by atoms with van der Waals surface area (Å²) in [5, 5.41) is 8.89. The molecular formula is C15H32O. The molecule has 16 heavy (non-hydrogen) atoms. The molecule has 0 amide bonds. The summed E-state index contributed by atoms with van der Waals surface area (Å²) in [7, 11) is 0. The van der Waals surface area contributed by atoms with Crippen LogP contribution >= 0.6 is 0 Å². The molecular weight excluding hydrogens is 196 g/mol. The summed E-state index contributed by atoms with van der Waals surface area (Å²) >= 11 is 0. The van der Waals surface area contributed by atoms with Gasteiger partial charge in [-0.1, -0.05) is 59.3 Å². The van der Waals surface area contributed by atoms with Crippen LogP contribution in [0.1, 0.15) is 85.0 Å². The lowest BCUT2D eigenvalue weighted by Gasteiger charge is -2.33. The molecule has 0 rings (SSSR count). The second-order valence-electron chi connectivity index (χ2n) is 5.24. The van der Waals surface area contributed by atoms with Crippen LogP contribution in [0.4, 0.5) is 0 Å². The quantitative estimate of drug-likeness (QED) is 0.497. The summed E-state index contributed by atoms with van der Waals surface area (Å²) in [6.45, 7) is 7.29. The summed E-state index contributed by atoms with van der Waals surface area (Å²) in [5.74, 6) is 0. The lowest BCUT2D eigenvalue weighted by Crippen LogP contribution is -2.20. The highest BCUT2D eigenvalue weighted by Gasteiger charge is 2.25. The average molecular weight is 228 g/mol. The van der Waals surface area contributed by atoms with Gasteiger partial charge in [-0.15, -0.1) is 0 Å². The molecule has 0 spiro atoms. The molecule has 0 aromatic heterocycles. The molecule has 1 heteroatoms. The average Bonchev–Trinajstić information content (AvgIpc) is 2.32. The molecule has 0 aromatic carbocycles. The van der Waals surface area contributed by atoms with Crippen LogP contribution in [0.5, 0.6) is 0 Å². The van der Waals surface area contributed by atoms with Crippen LogP contribution in [-0.2, 0) is 0 Å². The van der Waals surface area contributed by atoms with Gasteiger partial charge in [-0.05, 0) is 31.1 Å². The van der Waals surface area contributed by atoms with E-state index in [0.717, 1.165) is 6.42 Å². The molecule has 0 aliphatic heterocycles. The van der Waals surface area contributed by atoms with Crippen LogP contribution in [0.3, 0.4) is 0 Å². The highest BCUT2D eigenvalue weighted by atomic mass is 16.2. The van der Waals surface area contributed by atoms with Crippen molar-refractivity contribution in [2.75, 3.05) is 6.61 Å². The Labute approximate surface area is 103 Å². The molecule has 0 atom stereocenters. The molecule has 0 aromatic rings. The van der Waals surface area contributed by atoms with Crippen LogP contribution in [0.15, 0.2) is 0 Å². The first-order valence-corrected chi connectivity index (χ1v) is 7.35. The molecule has 0 aliphatic rings. The fourth-order valence-electron chi connectivity index (χ4n) is 2.62. The van der Waals surface area contributed by atoms with Gasteiger partial charge >= 0.3 is 0 Å². The molecule has 0 fully saturated rings. The van der Waals surface area contributed by atoms with Crippen molar-refractivity contribution >= 4 is 0 Å². The molecule has 98 valence electrons. The van der Waals surface area contributed by atoms with Crippen LogP contribution < -0.4 is 0 Å². The Hall–Kier alpha value is -0.0400. The van der Waals surface area contributed by atoms with Gasteiger partial charge < -0.3 is 5.11 Å². The van der Waals surface area contributed by atoms with Gasteiger partial charge in [-0.25, -0.2) is 0 Å². The van der Waals surface area contributed by atoms with Crippen LogP contribution in [0.2, 0.25) is 0 Å². The minimum atomic E-state index is 0.362. The number of hydrogen-bond donors (Lipinski definition) is 1. The molecule has 0 saturated heterocycles. The van der Waals surface area contributed by atoms with Gasteiger partial charge in [0.05, 0.1) is 0 Å². The van der Waals surface area contributed by atoms with E-state index in [0.29, 0.717) is 12.0 Å². The third-order valence-corrected chi connectivity index (χ3v) is 3.99. The standard InChI is InChI=1S/C15H32O/c1-4-7-11-15(6-3,12-8-5-2)13-9-10-14-16/h16H,4-14H2,1-3H3. The first-order chi connectivity index (χ1) is 7.74. The lowest BCUT2D eigenvalue weighted by atomic mass is 9.72. The number of hydrogen-bond acceptors (Lipinski definition) is 1. The fourth-order valence-corrected chi connectivity index (χ4v) is 2.62. The van der Waals surface area contributed by atoms with E-state index in [2.05, 4.69) is 20.8 Å². The Morgan fingerprint density at radius 1 is 0.750 bits per heavy atom. The zero-order valence-corrected chi connectivity index (χ0v) is 11.7. The highest BCUT2D eigenvalue weighted by Crippen LogP contribution is 2.39. The first kappa shape index (κ1) is 16.0. The summed E-state index contributed by atoms with van der Waals surface area (Å²) in [5.41, 5.74) is 0.585. The summed E-state index contributed by atoms with van der Waals surface area (Å²) in [6.07, 6.45) is 13.0. The van der Waals surface area contributed by atoms with Crippen LogP contribution in [-0.4, -0.2) is 11.7 Å². The smallest absolute Gasteiger partial charge is 0.0431 e. The molecule has 0 saturated carbocycles. The maximum atomic E-state index is 8.89. The molecule has 1 N–H and O–H groups in total. The Kier molecular flexibility index (Phi) is 10.1. The Morgan fingerprint density at radius 2 is 1.25 bits per heavy atom. The van der Waals surface area contributed by atoms with Crippen molar-refractivity contribution in [1.29, 1.82) is 0 Å². The molecule has 1 nitrogen and oxygen atoms in total. The topological polar surface area (TPSA) is 20.2 Å². The second-order valence-corrected chi connectivity index (χ2v) is 5.24. The van der Waals surface area contributed by atoms with Crippen molar-refractivity contribution in [3.63, 3.8) is 0 Å². The van der Waals surface area contributed by atoms with E-state index in [1.54, 1.807) is 0 Å². The predicted octanol–water partition coefficient (Wildman–Crippen LogP) is 4.93. The number of rotatable bonds is 11. The molecule has 0 aliphatic carbocycles. The second kappa shape index (κ2) is 10.1. The van der Waals surface area contributed by atoms with E-state index < -0.39 is 0 Å². The molecule has 0 heterocycles. The lowest BCUT2D eigenvalue weighted by molar-refractivity contribution is 0.181. The van der Waals surface area contributed by atoms with E-state index in [4.69, 9.17) is 5.11 Å². The fraction of sp³-hybridized carbons (Fsp3) is 1.00. The molecule has 0 radical (unpaired) electrons. The minimum Gasteiger partial charge on any atom is -0.396 e. The van der Waals surface area contributed by atoms with E-state index in [1.165, 1.54) is 57.8 Å². The Morgan fingerprint density at radius 3 is 1.62 bits per heavy atom. The molecule has 0 bridgehead atoms. The minimum absolute atomic E-state index is 0.362.